The number of hydrogen-bond acceptors (Lipinski definition) is 3. The zero-order valence-corrected chi connectivity index (χ0v) is 18.7. The number of halogens is 1. The fraction of sp³-hybridized carbons (Fsp3) is 0.409. The van der Waals surface area contributed by atoms with Gasteiger partial charge in [-0.15, -0.1) is 0 Å². The van der Waals surface area contributed by atoms with Crippen molar-refractivity contribution in [3.8, 4) is 6.07 Å². The van der Waals surface area contributed by atoms with Gasteiger partial charge in [0.15, 0.2) is 0 Å². The summed E-state index contributed by atoms with van der Waals surface area (Å²) in [5, 5.41) is 9.23. The molecule has 28 heavy (non-hydrogen) atoms. The summed E-state index contributed by atoms with van der Waals surface area (Å²) in [6.07, 6.45) is 0. The third kappa shape index (κ3) is 4.68. The van der Waals surface area contributed by atoms with E-state index in [-0.39, 0.29) is 16.9 Å². The molecule has 0 amide bonds. The zero-order valence-electron chi connectivity index (χ0n) is 17.2. The number of benzene rings is 2. The predicted molar refractivity (Wildman–Crippen MR) is 116 cm³/mol. The molecule has 0 bridgehead atoms. The average Bonchev–Trinajstić information content (AvgIpc) is 2.60. The van der Waals surface area contributed by atoms with Gasteiger partial charge in [-0.1, -0.05) is 65.3 Å². The second-order valence-electron chi connectivity index (χ2n) is 7.90. The number of anilines is 1. The molecule has 1 N–H and O–H groups in total. The third-order valence-electron chi connectivity index (χ3n) is 4.69. The summed E-state index contributed by atoms with van der Waals surface area (Å²) in [5.41, 5.74) is 3.38. The molecule has 2 aromatic carbocycles. The Labute approximate surface area is 173 Å². The summed E-state index contributed by atoms with van der Waals surface area (Å²) in [5.74, 6) is 0.400. The largest absolute Gasteiger partial charge is 0.280 e. The topological polar surface area (TPSA) is 70.0 Å². The van der Waals surface area contributed by atoms with Crippen LogP contribution in [0, 0.1) is 11.3 Å². The summed E-state index contributed by atoms with van der Waals surface area (Å²) in [6.45, 7) is 12.2. The molecule has 0 aliphatic heterocycles. The van der Waals surface area contributed by atoms with Gasteiger partial charge in [-0.2, -0.15) is 5.26 Å². The third-order valence-corrected chi connectivity index (χ3v) is 6.52. The van der Waals surface area contributed by atoms with E-state index in [9.17, 15) is 8.42 Å². The van der Waals surface area contributed by atoms with E-state index in [4.69, 9.17) is 16.9 Å². The quantitative estimate of drug-likeness (QED) is 0.591. The lowest BCUT2D eigenvalue weighted by Crippen LogP contribution is -2.19. The van der Waals surface area contributed by atoms with Gasteiger partial charge in [-0.25, -0.2) is 8.42 Å². The van der Waals surface area contributed by atoms with E-state index in [0.717, 1.165) is 16.7 Å². The van der Waals surface area contributed by atoms with Crippen molar-refractivity contribution in [1.82, 2.24) is 0 Å². The highest BCUT2D eigenvalue weighted by Gasteiger charge is 2.27. The number of rotatable bonds is 6. The zero-order chi connectivity index (χ0) is 21.2. The Kier molecular flexibility index (Phi) is 6.80. The van der Waals surface area contributed by atoms with Crippen LogP contribution in [0.15, 0.2) is 35.2 Å². The van der Waals surface area contributed by atoms with Gasteiger partial charge in [0.2, 0.25) is 0 Å². The maximum Gasteiger partial charge on any atom is 0.262 e. The number of nitrogens with one attached hydrogen (secondary N) is 1. The van der Waals surface area contributed by atoms with Crippen LogP contribution in [0.1, 0.15) is 81.5 Å². The molecule has 0 aliphatic rings. The van der Waals surface area contributed by atoms with Crippen molar-refractivity contribution in [2.24, 2.45) is 0 Å². The maximum atomic E-state index is 13.4. The van der Waals surface area contributed by atoms with E-state index >= 15 is 0 Å². The van der Waals surface area contributed by atoms with E-state index in [1.54, 1.807) is 6.07 Å². The normalized spacial score (nSPS) is 11.9. The minimum Gasteiger partial charge on any atom is -0.280 e. The van der Waals surface area contributed by atoms with Crippen LogP contribution < -0.4 is 4.72 Å². The summed E-state index contributed by atoms with van der Waals surface area (Å²) in [6, 6.07) is 10.5. The molecular formula is C22H27ClN2O2S. The molecule has 0 fully saturated rings. The molecule has 6 heteroatoms. The van der Waals surface area contributed by atoms with Crippen molar-refractivity contribution in [3.05, 3.63) is 57.6 Å². The molecular weight excluding hydrogens is 392 g/mol. The molecule has 0 saturated heterocycles. The summed E-state index contributed by atoms with van der Waals surface area (Å²) < 4.78 is 29.4. The second kappa shape index (κ2) is 8.55. The van der Waals surface area contributed by atoms with E-state index in [1.165, 1.54) is 12.1 Å². The van der Waals surface area contributed by atoms with Crippen molar-refractivity contribution < 1.29 is 8.42 Å². The Morgan fingerprint density at radius 3 is 1.86 bits per heavy atom. The highest BCUT2D eigenvalue weighted by molar-refractivity contribution is 7.92. The molecule has 0 saturated carbocycles. The number of nitrogens with zero attached hydrogens (tertiary/aromatic N) is 1. The van der Waals surface area contributed by atoms with Crippen LogP contribution in [-0.2, 0) is 10.0 Å². The van der Waals surface area contributed by atoms with E-state index in [1.807, 2.05) is 45.9 Å². The lowest BCUT2D eigenvalue weighted by Gasteiger charge is -2.23. The lowest BCUT2D eigenvalue weighted by molar-refractivity contribution is 0.595. The first kappa shape index (κ1) is 22.3. The molecule has 0 heterocycles. The van der Waals surface area contributed by atoms with E-state index in [2.05, 4.69) is 18.6 Å². The van der Waals surface area contributed by atoms with Gasteiger partial charge in [0.1, 0.15) is 6.07 Å². The second-order valence-corrected chi connectivity index (χ2v) is 9.93. The van der Waals surface area contributed by atoms with E-state index < -0.39 is 10.0 Å². The van der Waals surface area contributed by atoms with Gasteiger partial charge in [-0.3, -0.25) is 4.72 Å². The molecule has 0 aliphatic carbocycles. The van der Waals surface area contributed by atoms with Gasteiger partial charge < -0.3 is 0 Å². The van der Waals surface area contributed by atoms with Crippen LogP contribution >= 0.6 is 11.6 Å². The predicted octanol–water partition coefficient (Wildman–Crippen LogP) is 6.38. The van der Waals surface area contributed by atoms with Crippen molar-refractivity contribution in [1.29, 1.82) is 5.26 Å². The van der Waals surface area contributed by atoms with Crippen molar-refractivity contribution in [2.75, 3.05) is 4.72 Å². The average molecular weight is 419 g/mol. The highest BCUT2D eigenvalue weighted by atomic mass is 35.5. The van der Waals surface area contributed by atoms with Crippen LogP contribution in [0.5, 0.6) is 0 Å². The van der Waals surface area contributed by atoms with Crippen LogP contribution in [0.25, 0.3) is 0 Å². The minimum absolute atomic E-state index is 0.0485. The monoisotopic (exact) mass is 418 g/mol. The first-order valence-corrected chi connectivity index (χ1v) is 11.2. The summed E-state index contributed by atoms with van der Waals surface area (Å²) >= 11 is 6.07. The van der Waals surface area contributed by atoms with Crippen LogP contribution in [0.2, 0.25) is 5.02 Å². The summed E-state index contributed by atoms with van der Waals surface area (Å²) in [4.78, 5) is 0.336. The van der Waals surface area contributed by atoms with Crippen LogP contribution in [0.4, 0.5) is 5.69 Å². The van der Waals surface area contributed by atoms with Gasteiger partial charge in [-0.05, 0) is 52.6 Å². The first-order valence-electron chi connectivity index (χ1n) is 9.38. The van der Waals surface area contributed by atoms with E-state index in [0.29, 0.717) is 22.1 Å². The van der Waals surface area contributed by atoms with Gasteiger partial charge in [0.05, 0.1) is 21.2 Å². The molecule has 0 spiro atoms. The van der Waals surface area contributed by atoms with Crippen molar-refractivity contribution in [2.45, 2.75) is 64.2 Å². The van der Waals surface area contributed by atoms with Crippen molar-refractivity contribution >= 4 is 27.3 Å². The SMILES string of the molecule is CC(C)c1cc(C(C)C)c(S(=O)(=O)Nc2ccc(C#N)c(Cl)c2)c(C(C)C)c1. The van der Waals surface area contributed by atoms with Crippen molar-refractivity contribution in [3.63, 3.8) is 0 Å². The molecule has 0 atom stereocenters. The summed E-state index contributed by atoms with van der Waals surface area (Å²) in [7, 11) is -3.84. The fourth-order valence-corrected chi connectivity index (χ4v) is 5.05. The Balaban J connectivity index is 2.66. The smallest absolute Gasteiger partial charge is 0.262 e. The first-order chi connectivity index (χ1) is 13.0. The number of sulfonamides is 1. The Morgan fingerprint density at radius 1 is 0.929 bits per heavy atom. The van der Waals surface area contributed by atoms with Gasteiger partial charge in [0.25, 0.3) is 10.0 Å². The molecule has 2 aromatic rings. The number of nitriles is 1. The number of hydrogen-bond donors (Lipinski definition) is 1. The minimum atomic E-state index is -3.84. The lowest BCUT2D eigenvalue weighted by atomic mass is 9.89. The maximum absolute atomic E-state index is 13.4. The molecule has 0 radical (unpaired) electrons. The molecule has 0 unspecified atom stereocenters. The Morgan fingerprint density at radius 2 is 1.46 bits per heavy atom. The highest BCUT2D eigenvalue weighted by Crippen LogP contribution is 2.36. The Hall–Kier alpha value is -2.03. The molecule has 2 rings (SSSR count). The van der Waals surface area contributed by atoms with Crippen LogP contribution in [0.3, 0.4) is 0 Å². The Bertz CT molecular complexity index is 990. The molecule has 150 valence electrons. The van der Waals surface area contributed by atoms with Crippen LogP contribution in [-0.4, -0.2) is 8.42 Å². The molecule has 4 nitrogen and oxygen atoms in total. The molecule has 0 aromatic heterocycles. The fourth-order valence-electron chi connectivity index (χ4n) is 3.08. The standard InChI is InChI=1S/C22H27ClN2O2S/c1-13(2)17-9-19(14(3)4)22(20(10-17)15(5)6)28(26,27)25-18-8-7-16(12-24)21(23)11-18/h7-11,13-15,25H,1-6H3. The van der Waals surface area contributed by atoms with Gasteiger partial charge >= 0.3 is 0 Å². The van der Waals surface area contributed by atoms with Gasteiger partial charge in [0, 0.05) is 0 Å².